The molecule has 0 aliphatic carbocycles. The number of H-pyrrole nitrogens is 1. The Morgan fingerprint density at radius 1 is 1.24 bits per heavy atom. The monoisotopic (exact) mass is 478 g/mol. The van der Waals surface area contributed by atoms with E-state index >= 15 is 0 Å². The average Bonchev–Trinajstić information content (AvgIpc) is 2.75. The van der Waals surface area contributed by atoms with E-state index in [-0.39, 0.29) is 11.6 Å². The van der Waals surface area contributed by atoms with E-state index < -0.39 is 45.5 Å². The zero-order chi connectivity index (χ0) is 24.4. The van der Waals surface area contributed by atoms with E-state index in [1.807, 2.05) is 0 Å². The van der Waals surface area contributed by atoms with E-state index in [1.165, 1.54) is 0 Å². The van der Waals surface area contributed by atoms with Gasteiger partial charge in [-0.05, 0) is 18.4 Å². The Hall–Kier alpha value is -3.87. The molecular formula is C20H26N6O6S. The van der Waals surface area contributed by atoms with Crippen LogP contribution in [-0.4, -0.2) is 42.7 Å². The molecule has 1 heterocycles. The average molecular weight is 479 g/mol. The number of aromatic nitrogens is 2. The third-order valence-corrected chi connectivity index (χ3v) is 5.63. The van der Waals surface area contributed by atoms with Crippen LogP contribution < -0.4 is 32.3 Å². The molecule has 0 saturated carbocycles. The summed E-state index contributed by atoms with van der Waals surface area (Å²) >= 11 is 0. The second kappa shape index (κ2) is 11.7. The number of rotatable bonds is 13. The van der Waals surface area contributed by atoms with Crippen LogP contribution >= 0.6 is 0 Å². The molecule has 178 valence electrons. The Bertz CT molecular complexity index is 1210. The molecule has 1 amide bonds. The van der Waals surface area contributed by atoms with Gasteiger partial charge >= 0.3 is 5.69 Å². The van der Waals surface area contributed by atoms with Gasteiger partial charge in [-0.2, -0.15) is 0 Å². The Morgan fingerprint density at radius 3 is 2.58 bits per heavy atom. The summed E-state index contributed by atoms with van der Waals surface area (Å²) in [5, 5.41) is 5.20. The second-order valence-corrected chi connectivity index (χ2v) is 8.87. The van der Waals surface area contributed by atoms with Crippen molar-refractivity contribution in [1.82, 2.24) is 20.2 Å². The van der Waals surface area contributed by atoms with Gasteiger partial charge in [0.25, 0.3) is 5.56 Å². The first kappa shape index (κ1) is 25.4. The first-order valence-electron chi connectivity index (χ1n) is 9.91. The van der Waals surface area contributed by atoms with Crippen LogP contribution in [0.2, 0.25) is 0 Å². The number of nitrogens with zero attached hydrogens (tertiary/aromatic N) is 1. The summed E-state index contributed by atoms with van der Waals surface area (Å²) in [6, 6.07) is 7.47. The molecule has 13 heteroatoms. The van der Waals surface area contributed by atoms with Gasteiger partial charge in [0.1, 0.15) is 18.5 Å². The molecule has 0 spiro atoms. The maximum atomic E-state index is 12.6. The van der Waals surface area contributed by atoms with E-state index in [4.69, 9.17) is 5.73 Å². The first-order chi connectivity index (χ1) is 15.6. The van der Waals surface area contributed by atoms with Gasteiger partial charge in [-0.3, -0.25) is 14.3 Å². The Labute approximate surface area is 189 Å². The molecule has 0 bridgehead atoms. The highest BCUT2D eigenvalue weighted by molar-refractivity contribution is 7.91. The summed E-state index contributed by atoms with van der Waals surface area (Å²) in [5.41, 5.74) is 3.55. The molecule has 1 aromatic heterocycles. The lowest BCUT2D eigenvalue weighted by Crippen LogP contribution is -2.44. The van der Waals surface area contributed by atoms with Crippen molar-refractivity contribution in [2.75, 3.05) is 11.3 Å². The smallest absolute Gasteiger partial charge is 0.328 e. The van der Waals surface area contributed by atoms with Gasteiger partial charge < -0.3 is 26.1 Å². The van der Waals surface area contributed by atoms with Crippen molar-refractivity contribution in [3.63, 3.8) is 0 Å². The molecule has 2 rings (SSSR count). The van der Waals surface area contributed by atoms with Crippen molar-refractivity contribution in [3.8, 4) is 0 Å². The summed E-state index contributed by atoms with van der Waals surface area (Å²) in [4.78, 5) is 50.4. The van der Waals surface area contributed by atoms with Crippen LogP contribution in [0.4, 0.5) is 5.69 Å². The normalized spacial score (nSPS) is 11.9. The lowest BCUT2D eigenvalue weighted by molar-refractivity contribution is -0.124. The molecule has 6 N–H and O–H groups in total. The molecule has 1 unspecified atom stereocenters. The number of hydrogen-bond acceptors (Lipinski definition) is 8. The number of aromatic amines is 1. The summed E-state index contributed by atoms with van der Waals surface area (Å²) in [6.07, 6.45) is 2.25. The van der Waals surface area contributed by atoms with Crippen LogP contribution in [0.5, 0.6) is 0 Å². The maximum absolute atomic E-state index is 12.6. The first-order valence-corrected chi connectivity index (χ1v) is 11.6. The second-order valence-electron chi connectivity index (χ2n) is 7.15. The molecule has 0 aliphatic heterocycles. The Kier molecular flexibility index (Phi) is 8.98. The molecule has 2 aromatic rings. The SMILES string of the molecule is C=C(N)NCCCC(C=O)NC(=O)Cn1c(=O)[nH]cc(NS(=O)(=O)Cc2ccccc2)c1=O. The quantitative estimate of drug-likeness (QED) is 0.178. The van der Waals surface area contributed by atoms with Gasteiger partial charge in [-0.25, -0.2) is 17.8 Å². The number of anilines is 1. The number of aldehydes is 1. The van der Waals surface area contributed by atoms with Gasteiger partial charge in [-0.1, -0.05) is 36.9 Å². The van der Waals surface area contributed by atoms with Crippen LogP contribution in [0.1, 0.15) is 18.4 Å². The molecule has 33 heavy (non-hydrogen) atoms. The highest BCUT2D eigenvalue weighted by atomic mass is 32.2. The zero-order valence-electron chi connectivity index (χ0n) is 17.7. The minimum Gasteiger partial charge on any atom is -0.386 e. The zero-order valence-corrected chi connectivity index (χ0v) is 18.6. The maximum Gasteiger partial charge on any atom is 0.328 e. The molecule has 1 atom stereocenters. The number of nitrogens with two attached hydrogens (primary N) is 1. The standard InChI is InChI=1S/C20H26N6O6S/c1-14(21)22-9-5-8-16(12-27)24-18(28)11-26-19(29)17(10-23-20(26)30)25-33(31,32)13-15-6-3-2-4-7-15/h2-4,6-7,10,12,16,22,25H,1,5,8-9,11,13,21H2,(H,23,30)(H,24,28). The molecule has 0 aliphatic rings. The van der Waals surface area contributed by atoms with Crippen LogP contribution in [0.3, 0.4) is 0 Å². The fourth-order valence-electron chi connectivity index (χ4n) is 2.87. The fraction of sp³-hybridized carbons (Fsp3) is 0.300. The van der Waals surface area contributed by atoms with E-state index in [0.717, 1.165) is 6.20 Å². The van der Waals surface area contributed by atoms with E-state index in [9.17, 15) is 27.6 Å². The number of sulfonamides is 1. The summed E-state index contributed by atoms with van der Waals surface area (Å²) in [6.45, 7) is 3.21. The fourth-order valence-corrected chi connectivity index (χ4v) is 4.05. The number of nitrogens with one attached hydrogen (secondary N) is 4. The van der Waals surface area contributed by atoms with Crippen LogP contribution in [0.15, 0.2) is 58.5 Å². The highest BCUT2D eigenvalue weighted by Crippen LogP contribution is 2.08. The minimum absolute atomic E-state index is 0.277. The van der Waals surface area contributed by atoms with E-state index in [2.05, 4.69) is 26.9 Å². The van der Waals surface area contributed by atoms with Crippen LogP contribution in [-0.2, 0) is 31.9 Å². The highest BCUT2D eigenvalue weighted by Gasteiger charge is 2.18. The molecule has 0 radical (unpaired) electrons. The van der Waals surface area contributed by atoms with Crippen molar-refractivity contribution in [3.05, 3.63) is 75.3 Å². The minimum atomic E-state index is -3.96. The summed E-state index contributed by atoms with van der Waals surface area (Å²) < 4.78 is 27.5. The largest absolute Gasteiger partial charge is 0.386 e. The van der Waals surface area contributed by atoms with Crippen LogP contribution in [0, 0.1) is 0 Å². The number of amides is 1. The molecule has 1 aromatic carbocycles. The van der Waals surface area contributed by atoms with Gasteiger partial charge in [0.15, 0.2) is 0 Å². The van der Waals surface area contributed by atoms with Crippen LogP contribution in [0.25, 0.3) is 0 Å². The third-order valence-electron chi connectivity index (χ3n) is 4.38. The van der Waals surface area contributed by atoms with Gasteiger partial charge in [-0.15, -0.1) is 0 Å². The predicted octanol–water partition coefficient (Wildman–Crippen LogP) is -1.04. The van der Waals surface area contributed by atoms with Crippen molar-refractivity contribution in [1.29, 1.82) is 0 Å². The number of carbonyl (C=O) groups is 2. The van der Waals surface area contributed by atoms with Crippen molar-refractivity contribution in [2.45, 2.75) is 31.2 Å². The number of hydrogen-bond donors (Lipinski definition) is 5. The van der Waals surface area contributed by atoms with Gasteiger partial charge in [0.05, 0.1) is 17.6 Å². The number of carbonyl (C=O) groups excluding carboxylic acids is 2. The topological polar surface area (TPSA) is 185 Å². The molecule has 0 saturated heterocycles. The Balaban J connectivity index is 2.07. The van der Waals surface area contributed by atoms with Gasteiger partial charge in [0, 0.05) is 12.7 Å². The number of benzene rings is 1. The van der Waals surface area contributed by atoms with Crippen molar-refractivity contribution in [2.24, 2.45) is 5.73 Å². The lowest BCUT2D eigenvalue weighted by atomic mass is 10.1. The molecular weight excluding hydrogens is 452 g/mol. The van der Waals surface area contributed by atoms with Crippen molar-refractivity contribution < 1.29 is 18.0 Å². The lowest BCUT2D eigenvalue weighted by Gasteiger charge is -2.14. The van der Waals surface area contributed by atoms with E-state index in [0.29, 0.717) is 35.8 Å². The van der Waals surface area contributed by atoms with Gasteiger partial charge in [0.2, 0.25) is 15.9 Å². The molecule has 0 fully saturated rings. The molecule has 12 nitrogen and oxygen atoms in total. The summed E-state index contributed by atoms with van der Waals surface area (Å²) in [5.74, 6) is -0.875. The third kappa shape index (κ3) is 8.29. The van der Waals surface area contributed by atoms with Crippen molar-refractivity contribution >= 4 is 27.9 Å². The predicted molar refractivity (Wildman–Crippen MR) is 123 cm³/mol. The summed E-state index contributed by atoms with van der Waals surface area (Å²) in [7, 11) is -3.96. The van der Waals surface area contributed by atoms with E-state index in [1.54, 1.807) is 30.3 Å². The Morgan fingerprint density at radius 2 is 1.94 bits per heavy atom.